The van der Waals surface area contributed by atoms with Crippen LogP contribution in [0.3, 0.4) is 0 Å². The quantitative estimate of drug-likeness (QED) is 0.861. The maximum atomic E-state index is 11.9. The van der Waals surface area contributed by atoms with Crippen molar-refractivity contribution >= 4 is 29.9 Å². The molecule has 1 aromatic carbocycles. The van der Waals surface area contributed by atoms with Crippen molar-refractivity contribution in [1.29, 1.82) is 0 Å². The van der Waals surface area contributed by atoms with E-state index in [4.69, 9.17) is 21.1 Å². The lowest BCUT2D eigenvalue weighted by atomic mass is 10.1. The van der Waals surface area contributed by atoms with Crippen LogP contribution in [0.4, 0.5) is 0 Å². The third-order valence-electron chi connectivity index (χ3n) is 3.15. The van der Waals surface area contributed by atoms with Crippen LogP contribution < -0.4 is 15.4 Å². The Morgan fingerprint density at radius 3 is 3.05 bits per heavy atom. The van der Waals surface area contributed by atoms with Gasteiger partial charge >= 0.3 is 0 Å². The molecule has 0 saturated carbocycles. The van der Waals surface area contributed by atoms with Crippen molar-refractivity contribution < 1.29 is 14.3 Å². The molecule has 1 aromatic rings. The lowest BCUT2D eigenvalue weighted by Gasteiger charge is -2.23. The van der Waals surface area contributed by atoms with Crippen molar-refractivity contribution in [2.45, 2.75) is 19.0 Å². The molecular formula is C14H20Cl2N2O3. The standard InChI is InChI=1S/C14H19ClN2O3.ClH/c1-19-13-3-2-11(15)6-10(13)8-17-14(18)7-12-9-20-5-4-16-12;/h2-3,6,12,16H,4-5,7-9H2,1H3,(H,17,18);1H. The van der Waals surface area contributed by atoms with E-state index >= 15 is 0 Å². The number of methoxy groups -OCH3 is 1. The Balaban J connectivity index is 0.00000220. The molecule has 0 radical (unpaired) electrons. The van der Waals surface area contributed by atoms with Gasteiger partial charge in [0, 0.05) is 36.1 Å². The van der Waals surface area contributed by atoms with Crippen LogP contribution in [0, 0.1) is 0 Å². The minimum Gasteiger partial charge on any atom is -0.496 e. The first-order valence-electron chi connectivity index (χ1n) is 6.59. The summed E-state index contributed by atoms with van der Waals surface area (Å²) in [6.07, 6.45) is 0.406. The number of benzene rings is 1. The number of hydrogen-bond acceptors (Lipinski definition) is 4. The summed E-state index contributed by atoms with van der Waals surface area (Å²) >= 11 is 5.95. The molecule has 1 amide bonds. The fraction of sp³-hybridized carbons (Fsp3) is 0.500. The van der Waals surface area contributed by atoms with Gasteiger partial charge in [-0.1, -0.05) is 11.6 Å². The summed E-state index contributed by atoms with van der Waals surface area (Å²) < 4.78 is 10.6. The lowest BCUT2D eigenvalue weighted by Crippen LogP contribution is -2.44. The van der Waals surface area contributed by atoms with Crippen molar-refractivity contribution in [2.75, 3.05) is 26.9 Å². The van der Waals surface area contributed by atoms with E-state index in [-0.39, 0.29) is 24.4 Å². The molecule has 1 fully saturated rings. The first-order valence-corrected chi connectivity index (χ1v) is 6.97. The van der Waals surface area contributed by atoms with Gasteiger partial charge < -0.3 is 20.1 Å². The average molecular weight is 335 g/mol. The lowest BCUT2D eigenvalue weighted by molar-refractivity contribution is -0.122. The van der Waals surface area contributed by atoms with Gasteiger partial charge in [0.1, 0.15) is 5.75 Å². The van der Waals surface area contributed by atoms with E-state index < -0.39 is 0 Å². The zero-order chi connectivity index (χ0) is 14.4. The zero-order valence-corrected chi connectivity index (χ0v) is 13.4. The van der Waals surface area contributed by atoms with Crippen molar-refractivity contribution in [3.63, 3.8) is 0 Å². The number of morpholine rings is 1. The van der Waals surface area contributed by atoms with E-state index in [0.717, 1.165) is 12.1 Å². The molecule has 2 rings (SSSR count). The van der Waals surface area contributed by atoms with Crippen molar-refractivity contribution in [3.8, 4) is 5.75 Å². The molecule has 1 atom stereocenters. The number of halogens is 2. The Morgan fingerprint density at radius 1 is 1.57 bits per heavy atom. The predicted octanol–water partition coefficient (Wildman–Crippen LogP) is 1.77. The first-order chi connectivity index (χ1) is 9.69. The van der Waals surface area contributed by atoms with Crippen LogP contribution in [0.25, 0.3) is 0 Å². The third-order valence-corrected chi connectivity index (χ3v) is 3.38. The largest absolute Gasteiger partial charge is 0.496 e. The van der Waals surface area contributed by atoms with Crippen LogP contribution in [0.5, 0.6) is 5.75 Å². The monoisotopic (exact) mass is 334 g/mol. The Morgan fingerprint density at radius 2 is 2.38 bits per heavy atom. The molecule has 1 heterocycles. The van der Waals surface area contributed by atoms with Gasteiger partial charge in [-0.15, -0.1) is 12.4 Å². The van der Waals surface area contributed by atoms with Gasteiger partial charge in [-0.25, -0.2) is 0 Å². The van der Waals surface area contributed by atoms with Gasteiger partial charge in [0.15, 0.2) is 0 Å². The fourth-order valence-electron chi connectivity index (χ4n) is 2.13. The van der Waals surface area contributed by atoms with Gasteiger partial charge in [0.05, 0.1) is 20.3 Å². The second kappa shape index (κ2) is 9.10. The van der Waals surface area contributed by atoms with Crippen LogP contribution in [-0.4, -0.2) is 38.8 Å². The molecule has 2 N–H and O–H groups in total. The third kappa shape index (κ3) is 5.71. The minimum absolute atomic E-state index is 0. The highest BCUT2D eigenvalue weighted by molar-refractivity contribution is 6.30. The number of carbonyl (C=O) groups excluding carboxylic acids is 1. The SMILES string of the molecule is COc1ccc(Cl)cc1CNC(=O)CC1COCCN1.Cl. The molecule has 5 nitrogen and oxygen atoms in total. The van der Waals surface area contributed by atoms with Crippen LogP contribution in [0.15, 0.2) is 18.2 Å². The maximum absolute atomic E-state index is 11.9. The average Bonchev–Trinajstić information content (AvgIpc) is 2.46. The molecule has 21 heavy (non-hydrogen) atoms. The highest BCUT2D eigenvalue weighted by Gasteiger charge is 2.16. The van der Waals surface area contributed by atoms with Crippen LogP contribution in [0.1, 0.15) is 12.0 Å². The van der Waals surface area contributed by atoms with E-state index in [0.29, 0.717) is 37.0 Å². The van der Waals surface area contributed by atoms with Crippen LogP contribution in [0.2, 0.25) is 5.02 Å². The summed E-state index contributed by atoms with van der Waals surface area (Å²) in [6, 6.07) is 5.43. The molecule has 1 aliphatic heterocycles. The van der Waals surface area contributed by atoms with Gasteiger partial charge in [0.25, 0.3) is 0 Å². The Hall–Kier alpha value is -1.01. The first kappa shape index (κ1) is 18.0. The number of ether oxygens (including phenoxy) is 2. The van der Waals surface area contributed by atoms with Gasteiger partial charge in [-0.05, 0) is 18.2 Å². The van der Waals surface area contributed by atoms with Gasteiger partial charge in [0.2, 0.25) is 5.91 Å². The Labute approximate surface area is 135 Å². The van der Waals surface area contributed by atoms with E-state index in [2.05, 4.69) is 10.6 Å². The van der Waals surface area contributed by atoms with Crippen molar-refractivity contribution in [2.24, 2.45) is 0 Å². The molecule has 1 saturated heterocycles. The number of hydrogen-bond donors (Lipinski definition) is 2. The molecule has 118 valence electrons. The van der Waals surface area contributed by atoms with E-state index in [9.17, 15) is 4.79 Å². The topological polar surface area (TPSA) is 59.6 Å². The van der Waals surface area contributed by atoms with Gasteiger partial charge in [-0.2, -0.15) is 0 Å². The fourth-order valence-corrected chi connectivity index (χ4v) is 2.32. The molecule has 1 unspecified atom stereocenters. The summed E-state index contributed by atoms with van der Waals surface area (Å²) in [5.74, 6) is 0.698. The number of nitrogens with one attached hydrogen (secondary N) is 2. The smallest absolute Gasteiger partial charge is 0.221 e. The summed E-state index contributed by atoms with van der Waals surface area (Å²) in [7, 11) is 1.60. The van der Waals surface area contributed by atoms with Crippen molar-refractivity contribution in [3.05, 3.63) is 28.8 Å². The highest BCUT2D eigenvalue weighted by atomic mass is 35.5. The molecular weight excluding hydrogens is 315 g/mol. The minimum atomic E-state index is -0.0185. The van der Waals surface area contributed by atoms with Gasteiger partial charge in [-0.3, -0.25) is 4.79 Å². The molecule has 0 aromatic heterocycles. The number of amides is 1. The second-order valence-corrected chi connectivity index (χ2v) is 5.10. The zero-order valence-electron chi connectivity index (χ0n) is 11.9. The summed E-state index contributed by atoms with van der Waals surface area (Å²) in [5.41, 5.74) is 0.862. The summed E-state index contributed by atoms with van der Waals surface area (Å²) in [4.78, 5) is 11.9. The summed E-state index contributed by atoms with van der Waals surface area (Å²) in [6.45, 7) is 2.47. The van der Waals surface area contributed by atoms with E-state index in [1.165, 1.54) is 0 Å². The second-order valence-electron chi connectivity index (χ2n) is 4.66. The molecule has 0 bridgehead atoms. The Kier molecular flexibility index (Phi) is 7.82. The maximum Gasteiger partial charge on any atom is 0.221 e. The number of carbonyl (C=O) groups is 1. The molecule has 1 aliphatic rings. The molecule has 0 aliphatic carbocycles. The molecule has 7 heteroatoms. The normalized spacial score (nSPS) is 17.7. The number of rotatable bonds is 5. The van der Waals surface area contributed by atoms with Crippen LogP contribution in [-0.2, 0) is 16.1 Å². The van der Waals surface area contributed by atoms with E-state index in [1.807, 2.05) is 0 Å². The molecule has 0 spiro atoms. The van der Waals surface area contributed by atoms with E-state index in [1.54, 1.807) is 25.3 Å². The van der Waals surface area contributed by atoms with Crippen LogP contribution >= 0.6 is 24.0 Å². The van der Waals surface area contributed by atoms with Crippen molar-refractivity contribution in [1.82, 2.24) is 10.6 Å². The Bertz CT molecular complexity index is 466. The summed E-state index contributed by atoms with van der Waals surface area (Å²) in [5, 5.41) is 6.75. The predicted molar refractivity (Wildman–Crippen MR) is 84.3 cm³/mol. The highest BCUT2D eigenvalue weighted by Crippen LogP contribution is 2.22.